The molecule has 1 fully saturated rings. The zero-order chi connectivity index (χ0) is 26.0. The average Bonchev–Trinajstić information content (AvgIpc) is 3.08. The Hall–Kier alpha value is -4.16. The first-order valence-electron chi connectivity index (χ1n) is 9.97. The quantitative estimate of drug-likeness (QED) is 0.539. The third kappa shape index (κ3) is 4.61. The van der Waals surface area contributed by atoms with Crippen molar-refractivity contribution in [3.05, 3.63) is 47.5 Å². The summed E-state index contributed by atoms with van der Waals surface area (Å²) >= 11 is 0. The molecule has 35 heavy (non-hydrogen) atoms. The second-order valence-corrected chi connectivity index (χ2v) is 7.29. The average molecular weight is 497 g/mol. The summed E-state index contributed by atoms with van der Waals surface area (Å²) in [5.41, 5.74) is -3.66. The number of nitrogens with one attached hydrogen (secondary N) is 2. The molecule has 188 valence electrons. The van der Waals surface area contributed by atoms with Crippen molar-refractivity contribution >= 4 is 17.8 Å². The van der Waals surface area contributed by atoms with Crippen LogP contribution in [0.25, 0.3) is 0 Å². The smallest absolute Gasteiger partial charge is 0.440 e. The summed E-state index contributed by atoms with van der Waals surface area (Å²) < 4.78 is 62.9. The van der Waals surface area contributed by atoms with Gasteiger partial charge in [-0.3, -0.25) is 19.8 Å². The summed E-state index contributed by atoms with van der Waals surface area (Å²) in [4.78, 5) is 38.6. The fraction of sp³-hybridized carbons (Fsp3) is 0.318. The van der Waals surface area contributed by atoms with Crippen LogP contribution in [0.3, 0.4) is 0 Å². The molecule has 3 rings (SSSR count). The maximum atomic E-state index is 14.2. The van der Waals surface area contributed by atoms with Gasteiger partial charge >= 0.3 is 12.2 Å². The van der Waals surface area contributed by atoms with Gasteiger partial charge < -0.3 is 24.3 Å². The van der Waals surface area contributed by atoms with E-state index in [1.165, 1.54) is 52.7 Å². The fourth-order valence-corrected chi connectivity index (χ4v) is 3.44. The van der Waals surface area contributed by atoms with Crippen LogP contribution in [0.4, 0.5) is 18.0 Å². The SMILES string of the molecule is COc1ccc(CN2C(=O)N[C@@](NC(=O)c3cc(OC)c(OC)c(OC)c3)(C(F)(F)F)C2=O)cc1. The summed E-state index contributed by atoms with van der Waals surface area (Å²) in [6, 6.07) is 6.92. The van der Waals surface area contributed by atoms with Crippen LogP contribution in [0.1, 0.15) is 15.9 Å². The van der Waals surface area contributed by atoms with Gasteiger partial charge in [0, 0.05) is 5.56 Å². The van der Waals surface area contributed by atoms with Crippen molar-refractivity contribution in [2.75, 3.05) is 28.4 Å². The zero-order valence-corrected chi connectivity index (χ0v) is 19.1. The van der Waals surface area contributed by atoms with Gasteiger partial charge in [0.2, 0.25) is 5.75 Å². The van der Waals surface area contributed by atoms with E-state index in [2.05, 4.69) is 0 Å². The molecule has 0 saturated carbocycles. The number of hydrogen-bond acceptors (Lipinski definition) is 7. The van der Waals surface area contributed by atoms with E-state index in [1.54, 1.807) is 10.6 Å². The number of amides is 4. The molecule has 0 aliphatic carbocycles. The van der Waals surface area contributed by atoms with E-state index in [1.807, 2.05) is 0 Å². The molecule has 4 amide bonds. The molecular formula is C22H22F3N3O7. The van der Waals surface area contributed by atoms with Crippen LogP contribution >= 0.6 is 0 Å². The van der Waals surface area contributed by atoms with Crippen molar-refractivity contribution in [2.24, 2.45) is 0 Å². The second-order valence-electron chi connectivity index (χ2n) is 7.29. The fourth-order valence-electron chi connectivity index (χ4n) is 3.44. The number of rotatable bonds is 8. The summed E-state index contributed by atoms with van der Waals surface area (Å²) in [5.74, 6) is -2.42. The highest BCUT2D eigenvalue weighted by Gasteiger charge is 2.68. The van der Waals surface area contributed by atoms with E-state index in [4.69, 9.17) is 18.9 Å². The van der Waals surface area contributed by atoms with Gasteiger partial charge in [-0.05, 0) is 29.8 Å². The molecule has 1 atom stereocenters. The van der Waals surface area contributed by atoms with Gasteiger partial charge in [-0.15, -0.1) is 0 Å². The monoisotopic (exact) mass is 497 g/mol. The number of urea groups is 1. The van der Waals surface area contributed by atoms with Crippen molar-refractivity contribution in [2.45, 2.75) is 18.4 Å². The van der Waals surface area contributed by atoms with Crippen LogP contribution in [-0.2, 0) is 11.3 Å². The van der Waals surface area contributed by atoms with E-state index in [0.29, 0.717) is 16.2 Å². The highest BCUT2D eigenvalue weighted by Crippen LogP contribution is 2.39. The molecule has 10 nitrogen and oxygen atoms in total. The molecule has 2 aromatic rings. The number of hydrogen-bond donors (Lipinski definition) is 2. The first-order valence-corrected chi connectivity index (χ1v) is 9.97. The van der Waals surface area contributed by atoms with Crippen LogP contribution in [0, 0.1) is 0 Å². The number of benzene rings is 2. The number of carbonyl (C=O) groups excluding carboxylic acids is 3. The molecule has 13 heteroatoms. The molecule has 2 aromatic carbocycles. The molecule has 1 heterocycles. The lowest BCUT2D eigenvalue weighted by Gasteiger charge is -2.30. The standard InChI is InChI=1S/C22H22F3N3O7/c1-32-14-7-5-12(6-8-14)11-28-19(30)21(22(23,24)25,27-20(28)31)26-18(29)13-9-15(33-2)17(35-4)16(10-13)34-3/h5-10H,11H2,1-4H3,(H,26,29)(H,27,31)/t21-/m1/s1. The lowest BCUT2D eigenvalue weighted by Crippen LogP contribution is -2.69. The molecule has 1 aliphatic rings. The third-order valence-corrected chi connectivity index (χ3v) is 5.26. The summed E-state index contributed by atoms with van der Waals surface area (Å²) in [7, 11) is 5.26. The van der Waals surface area contributed by atoms with Crippen molar-refractivity contribution < 1.29 is 46.5 Å². The molecule has 0 unspecified atom stereocenters. The third-order valence-electron chi connectivity index (χ3n) is 5.26. The van der Waals surface area contributed by atoms with Crippen molar-refractivity contribution in [1.29, 1.82) is 0 Å². The largest absolute Gasteiger partial charge is 0.497 e. The molecule has 0 aromatic heterocycles. The number of ether oxygens (including phenoxy) is 4. The number of halogens is 3. The van der Waals surface area contributed by atoms with E-state index in [9.17, 15) is 27.6 Å². The number of carbonyl (C=O) groups is 3. The minimum absolute atomic E-state index is 0.000903. The lowest BCUT2D eigenvalue weighted by molar-refractivity contribution is -0.200. The molecular weight excluding hydrogens is 475 g/mol. The summed E-state index contributed by atoms with van der Waals surface area (Å²) in [5, 5.41) is 3.24. The Morgan fingerprint density at radius 3 is 2.00 bits per heavy atom. The topological polar surface area (TPSA) is 115 Å². The maximum absolute atomic E-state index is 14.2. The molecule has 1 saturated heterocycles. The predicted octanol–water partition coefficient (Wildman–Crippen LogP) is 2.46. The lowest BCUT2D eigenvalue weighted by atomic mass is 10.1. The van der Waals surface area contributed by atoms with Gasteiger partial charge in [0.1, 0.15) is 5.75 Å². The Morgan fingerprint density at radius 1 is 0.971 bits per heavy atom. The van der Waals surface area contributed by atoms with Crippen LogP contribution in [-0.4, -0.2) is 63.0 Å². The Kier molecular flexibility index (Phi) is 6.99. The van der Waals surface area contributed by atoms with Gasteiger partial charge in [0.15, 0.2) is 11.5 Å². The van der Waals surface area contributed by atoms with Crippen LogP contribution in [0.15, 0.2) is 36.4 Å². The number of nitrogens with zero attached hydrogens (tertiary/aromatic N) is 1. The highest BCUT2D eigenvalue weighted by atomic mass is 19.4. The number of alkyl halides is 3. The van der Waals surface area contributed by atoms with Gasteiger partial charge in [-0.1, -0.05) is 12.1 Å². The van der Waals surface area contributed by atoms with E-state index in [-0.39, 0.29) is 22.8 Å². The summed E-state index contributed by atoms with van der Waals surface area (Å²) in [6.07, 6.45) is -5.37. The van der Waals surface area contributed by atoms with Gasteiger partial charge in [0.25, 0.3) is 17.5 Å². The minimum Gasteiger partial charge on any atom is -0.497 e. The molecule has 0 bridgehead atoms. The van der Waals surface area contributed by atoms with E-state index < -0.39 is 36.2 Å². The second kappa shape index (κ2) is 9.60. The van der Waals surface area contributed by atoms with Crippen molar-refractivity contribution in [3.63, 3.8) is 0 Å². The van der Waals surface area contributed by atoms with Crippen molar-refractivity contribution in [3.8, 4) is 23.0 Å². The molecule has 2 N–H and O–H groups in total. The zero-order valence-electron chi connectivity index (χ0n) is 19.1. The van der Waals surface area contributed by atoms with Gasteiger partial charge in [-0.2, -0.15) is 13.2 Å². The van der Waals surface area contributed by atoms with E-state index in [0.717, 1.165) is 12.1 Å². The molecule has 1 aliphatic heterocycles. The Bertz CT molecular complexity index is 1110. The molecule has 0 spiro atoms. The van der Waals surface area contributed by atoms with Gasteiger partial charge in [-0.25, -0.2) is 4.79 Å². The first kappa shape index (κ1) is 25.5. The Balaban J connectivity index is 1.95. The normalized spacial score (nSPS) is 17.6. The van der Waals surface area contributed by atoms with Crippen LogP contribution in [0.5, 0.6) is 23.0 Å². The van der Waals surface area contributed by atoms with Crippen molar-refractivity contribution in [1.82, 2.24) is 15.5 Å². The minimum atomic E-state index is -5.37. The van der Waals surface area contributed by atoms with Gasteiger partial charge in [0.05, 0.1) is 35.0 Å². The molecule has 0 radical (unpaired) electrons. The number of imide groups is 1. The van der Waals surface area contributed by atoms with E-state index >= 15 is 0 Å². The highest BCUT2D eigenvalue weighted by molar-refractivity contribution is 6.10. The summed E-state index contributed by atoms with van der Waals surface area (Å²) in [6.45, 7) is -0.466. The van der Waals surface area contributed by atoms with Crippen LogP contribution < -0.4 is 29.6 Å². The first-order chi connectivity index (χ1) is 16.5. The van der Waals surface area contributed by atoms with Crippen LogP contribution in [0.2, 0.25) is 0 Å². The Labute approximate surface area is 197 Å². The predicted molar refractivity (Wildman–Crippen MR) is 114 cm³/mol. The Morgan fingerprint density at radius 2 is 1.54 bits per heavy atom. The number of methoxy groups -OCH3 is 4. The maximum Gasteiger partial charge on any atom is 0.440 e.